The summed E-state index contributed by atoms with van der Waals surface area (Å²) in [4.78, 5) is 4.50. The Morgan fingerprint density at radius 2 is 2.04 bits per heavy atom. The molecule has 0 unspecified atom stereocenters. The van der Waals surface area contributed by atoms with E-state index in [1.165, 1.54) is 0 Å². The molecule has 0 spiro atoms. The topological polar surface area (TPSA) is 85.7 Å². The van der Waals surface area contributed by atoms with Crippen molar-refractivity contribution >= 4 is 35.1 Å². The fourth-order valence-electron chi connectivity index (χ4n) is 2.28. The zero-order chi connectivity index (χ0) is 19.2. The van der Waals surface area contributed by atoms with Gasteiger partial charge in [-0.25, -0.2) is 4.98 Å². The summed E-state index contributed by atoms with van der Waals surface area (Å²) in [5.74, 6) is 1.88. The van der Waals surface area contributed by atoms with E-state index in [4.69, 9.17) is 26.5 Å². The van der Waals surface area contributed by atoms with Crippen LogP contribution in [0.2, 0.25) is 5.02 Å². The number of nitrogens with zero attached hydrogens (tertiary/aromatic N) is 2. The lowest BCUT2D eigenvalue weighted by Gasteiger charge is -2.04. The first-order valence-corrected chi connectivity index (χ1v) is 8.84. The van der Waals surface area contributed by atoms with Gasteiger partial charge in [0.15, 0.2) is 5.11 Å². The minimum atomic E-state index is 0.116. The number of halogens is 1. The number of aryl methyl sites for hydroxylation is 1. The molecule has 0 amide bonds. The minimum Gasteiger partial charge on any atom is -0.487 e. The van der Waals surface area contributed by atoms with E-state index >= 15 is 0 Å². The average Bonchev–Trinajstić information content (AvgIpc) is 3.01. The van der Waals surface area contributed by atoms with E-state index in [2.05, 4.69) is 27.7 Å². The van der Waals surface area contributed by atoms with E-state index in [0.29, 0.717) is 22.4 Å². The van der Waals surface area contributed by atoms with Crippen molar-refractivity contribution < 1.29 is 9.15 Å². The number of oxazole rings is 1. The van der Waals surface area contributed by atoms with Crippen molar-refractivity contribution in [1.29, 1.82) is 0 Å². The SMILES string of the molecule is Cc1oc(-c2ccccc2Cl)nc1COc1ccc(C=NNC(N)=S)cc1. The van der Waals surface area contributed by atoms with Crippen LogP contribution in [0, 0.1) is 6.92 Å². The summed E-state index contributed by atoms with van der Waals surface area (Å²) in [7, 11) is 0. The van der Waals surface area contributed by atoms with Gasteiger partial charge in [-0.1, -0.05) is 23.7 Å². The van der Waals surface area contributed by atoms with E-state index in [0.717, 1.165) is 16.8 Å². The van der Waals surface area contributed by atoms with Crippen molar-refractivity contribution in [2.24, 2.45) is 10.8 Å². The quantitative estimate of drug-likeness (QED) is 0.369. The van der Waals surface area contributed by atoms with Crippen LogP contribution in [0.5, 0.6) is 5.75 Å². The van der Waals surface area contributed by atoms with E-state index < -0.39 is 0 Å². The van der Waals surface area contributed by atoms with Gasteiger partial charge in [0.1, 0.15) is 23.8 Å². The van der Waals surface area contributed by atoms with Gasteiger partial charge in [0.05, 0.1) is 16.8 Å². The Morgan fingerprint density at radius 3 is 2.74 bits per heavy atom. The number of rotatable bonds is 6. The predicted octanol–water partition coefficient (Wildman–Crippen LogP) is 4.05. The third-order valence-electron chi connectivity index (χ3n) is 3.64. The van der Waals surface area contributed by atoms with Gasteiger partial charge in [-0.2, -0.15) is 5.10 Å². The highest BCUT2D eigenvalue weighted by molar-refractivity contribution is 7.80. The lowest BCUT2D eigenvalue weighted by atomic mass is 10.2. The summed E-state index contributed by atoms with van der Waals surface area (Å²) in [5, 5.41) is 4.61. The summed E-state index contributed by atoms with van der Waals surface area (Å²) in [6, 6.07) is 14.8. The predicted molar refractivity (Wildman–Crippen MR) is 110 cm³/mol. The number of ether oxygens (including phenoxy) is 1. The largest absolute Gasteiger partial charge is 0.487 e. The molecule has 8 heteroatoms. The minimum absolute atomic E-state index is 0.116. The Hall–Kier alpha value is -2.90. The number of nitrogens with two attached hydrogens (primary N) is 1. The van der Waals surface area contributed by atoms with Gasteiger partial charge in [-0.05, 0) is 61.1 Å². The van der Waals surface area contributed by atoms with E-state index in [1.54, 1.807) is 12.3 Å². The van der Waals surface area contributed by atoms with Crippen LogP contribution in [-0.2, 0) is 6.61 Å². The molecule has 6 nitrogen and oxygen atoms in total. The smallest absolute Gasteiger partial charge is 0.228 e. The molecule has 138 valence electrons. The molecule has 0 bridgehead atoms. The second-order valence-electron chi connectivity index (χ2n) is 5.59. The fraction of sp³-hybridized carbons (Fsp3) is 0.105. The second kappa shape index (κ2) is 8.66. The van der Waals surface area contributed by atoms with Gasteiger partial charge in [0.2, 0.25) is 5.89 Å². The van der Waals surface area contributed by atoms with Gasteiger partial charge < -0.3 is 14.9 Å². The summed E-state index contributed by atoms with van der Waals surface area (Å²) in [6.45, 7) is 2.14. The first-order valence-electron chi connectivity index (χ1n) is 8.05. The zero-order valence-corrected chi connectivity index (χ0v) is 16.1. The van der Waals surface area contributed by atoms with Crippen LogP contribution in [-0.4, -0.2) is 16.3 Å². The molecule has 1 heterocycles. The Kier molecular flexibility index (Phi) is 6.05. The van der Waals surface area contributed by atoms with Gasteiger partial charge in [0.25, 0.3) is 0 Å². The number of aromatic nitrogens is 1. The molecular weight excluding hydrogens is 384 g/mol. The molecule has 0 saturated carbocycles. The normalized spacial score (nSPS) is 10.9. The van der Waals surface area contributed by atoms with Crippen LogP contribution < -0.4 is 15.9 Å². The number of hydrogen-bond donors (Lipinski definition) is 2. The number of nitrogens with one attached hydrogen (secondary N) is 1. The number of hydrazone groups is 1. The fourth-order valence-corrected chi connectivity index (χ4v) is 2.55. The molecule has 27 heavy (non-hydrogen) atoms. The third-order valence-corrected chi connectivity index (χ3v) is 4.06. The van der Waals surface area contributed by atoms with Gasteiger partial charge in [0, 0.05) is 0 Å². The molecule has 0 aliphatic rings. The van der Waals surface area contributed by atoms with Crippen molar-refractivity contribution in [3.63, 3.8) is 0 Å². The first kappa shape index (κ1) is 18.9. The number of benzene rings is 2. The van der Waals surface area contributed by atoms with Gasteiger partial charge in [-0.15, -0.1) is 0 Å². The summed E-state index contributed by atoms with van der Waals surface area (Å²) < 4.78 is 11.5. The molecule has 3 aromatic rings. The molecule has 0 atom stereocenters. The Bertz CT molecular complexity index is 970. The molecule has 0 radical (unpaired) electrons. The average molecular weight is 401 g/mol. The second-order valence-corrected chi connectivity index (χ2v) is 6.44. The maximum Gasteiger partial charge on any atom is 0.228 e. The lowest BCUT2D eigenvalue weighted by molar-refractivity contribution is 0.299. The van der Waals surface area contributed by atoms with Crippen molar-refractivity contribution in [3.05, 3.63) is 70.6 Å². The van der Waals surface area contributed by atoms with E-state index in [1.807, 2.05) is 49.4 Å². The summed E-state index contributed by atoms with van der Waals surface area (Å²) in [5.41, 5.74) is 10.2. The van der Waals surface area contributed by atoms with E-state index in [9.17, 15) is 0 Å². The molecule has 3 N–H and O–H groups in total. The maximum absolute atomic E-state index is 6.20. The molecule has 0 saturated heterocycles. The maximum atomic E-state index is 6.20. The highest BCUT2D eigenvalue weighted by Gasteiger charge is 2.14. The Morgan fingerprint density at radius 1 is 1.30 bits per heavy atom. The van der Waals surface area contributed by atoms with Crippen molar-refractivity contribution in [3.8, 4) is 17.2 Å². The number of hydrogen-bond acceptors (Lipinski definition) is 5. The molecule has 0 aliphatic carbocycles. The summed E-state index contributed by atoms with van der Waals surface area (Å²) >= 11 is 10.9. The van der Waals surface area contributed by atoms with Crippen molar-refractivity contribution in [1.82, 2.24) is 10.4 Å². The molecule has 0 fully saturated rings. The molecule has 1 aromatic heterocycles. The van der Waals surface area contributed by atoms with Crippen LogP contribution in [0.3, 0.4) is 0 Å². The molecular formula is C19H17ClN4O2S. The Balaban J connectivity index is 1.64. The zero-order valence-electron chi connectivity index (χ0n) is 14.5. The molecule has 0 aliphatic heterocycles. The van der Waals surface area contributed by atoms with Crippen LogP contribution >= 0.6 is 23.8 Å². The first-order chi connectivity index (χ1) is 13.0. The standard InChI is InChI=1S/C19H17ClN4O2S/c1-12-17(23-18(26-12)15-4-2-3-5-16(15)20)11-25-14-8-6-13(7-9-14)10-22-24-19(21)27/h2-10H,11H2,1H3,(H3,21,24,27). The van der Waals surface area contributed by atoms with Crippen molar-refractivity contribution in [2.75, 3.05) is 0 Å². The van der Waals surface area contributed by atoms with Crippen LogP contribution in [0.25, 0.3) is 11.5 Å². The molecule has 3 rings (SSSR count). The molecule has 2 aromatic carbocycles. The highest BCUT2D eigenvalue weighted by atomic mass is 35.5. The van der Waals surface area contributed by atoms with Crippen molar-refractivity contribution in [2.45, 2.75) is 13.5 Å². The lowest BCUT2D eigenvalue weighted by Crippen LogP contribution is -2.23. The van der Waals surface area contributed by atoms with Crippen LogP contribution in [0.1, 0.15) is 17.0 Å². The van der Waals surface area contributed by atoms with Crippen LogP contribution in [0.15, 0.2) is 58.0 Å². The summed E-state index contributed by atoms with van der Waals surface area (Å²) in [6.07, 6.45) is 1.61. The van der Waals surface area contributed by atoms with Gasteiger partial charge in [-0.3, -0.25) is 5.43 Å². The monoisotopic (exact) mass is 400 g/mol. The highest BCUT2D eigenvalue weighted by Crippen LogP contribution is 2.28. The Labute approximate surface area is 167 Å². The van der Waals surface area contributed by atoms with Gasteiger partial charge >= 0.3 is 0 Å². The van der Waals surface area contributed by atoms with E-state index in [-0.39, 0.29) is 11.7 Å². The number of thiocarbonyl (C=S) groups is 1. The van der Waals surface area contributed by atoms with Crippen LogP contribution in [0.4, 0.5) is 0 Å². The third kappa shape index (κ3) is 5.06.